The summed E-state index contributed by atoms with van der Waals surface area (Å²) in [7, 11) is 0. The number of carbonyl (C=O) groups excluding carboxylic acids is 1. The van der Waals surface area contributed by atoms with Crippen LogP contribution in [0.3, 0.4) is 0 Å². The predicted octanol–water partition coefficient (Wildman–Crippen LogP) is 3.12. The van der Waals surface area contributed by atoms with Gasteiger partial charge in [0.1, 0.15) is 5.76 Å². The number of aromatic nitrogens is 1. The van der Waals surface area contributed by atoms with Gasteiger partial charge in [0.05, 0.1) is 11.2 Å². The number of nitrogens with zero attached hydrogens (tertiary/aromatic N) is 1. The van der Waals surface area contributed by atoms with Gasteiger partial charge in [-0.3, -0.25) is 4.79 Å². The van der Waals surface area contributed by atoms with Crippen LogP contribution in [-0.4, -0.2) is 11.3 Å². The van der Waals surface area contributed by atoms with Gasteiger partial charge in [-0.2, -0.15) is 0 Å². The van der Waals surface area contributed by atoms with Crippen molar-refractivity contribution in [3.05, 3.63) is 40.7 Å². The Bertz CT molecular complexity index is 505. The van der Waals surface area contributed by atoms with Crippen molar-refractivity contribution in [2.24, 2.45) is 0 Å². The summed E-state index contributed by atoms with van der Waals surface area (Å²) in [5.41, 5.74) is 1.22. The number of hydrogen-bond donors (Lipinski definition) is 0. The molecule has 1 aromatic heterocycles. The maximum Gasteiger partial charge on any atom is 0.226 e. The molecule has 0 aliphatic heterocycles. The summed E-state index contributed by atoms with van der Waals surface area (Å²) in [5.74, 6) is 1.24. The van der Waals surface area contributed by atoms with E-state index in [0.717, 1.165) is 11.3 Å². The monoisotopic (exact) mass is 221 g/mol. The van der Waals surface area contributed by atoms with Crippen LogP contribution in [0.25, 0.3) is 11.5 Å². The third-order valence-corrected chi connectivity index (χ3v) is 2.32. The highest BCUT2D eigenvalue weighted by atomic mass is 35.5. The molecule has 0 saturated heterocycles. The van der Waals surface area contributed by atoms with Gasteiger partial charge in [-0.15, -0.1) is 0 Å². The van der Waals surface area contributed by atoms with E-state index in [1.54, 1.807) is 24.4 Å². The van der Waals surface area contributed by atoms with Crippen LogP contribution in [0.1, 0.15) is 16.1 Å². The molecule has 0 spiro atoms. The van der Waals surface area contributed by atoms with Crippen LogP contribution in [0.4, 0.5) is 0 Å². The molecule has 0 N–H and O–H groups in total. The molecule has 1 aromatic carbocycles. The third kappa shape index (κ3) is 1.92. The molecule has 1 heterocycles. The van der Waals surface area contributed by atoms with Crippen molar-refractivity contribution in [2.45, 2.75) is 6.92 Å². The Morgan fingerprint density at radius 3 is 2.80 bits per heavy atom. The molecule has 0 atom stereocenters. The summed E-state index contributed by atoms with van der Waals surface area (Å²) >= 11 is 5.89. The number of aldehydes is 1. The van der Waals surface area contributed by atoms with Gasteiger partial charge in [-0.25, -0.2) is 4.98 Å². The summed E-state index contributed by atoms with van der Waals surface area (Å²) in [6.07, 6.45) is 2.35. The second-order valence-electron chi connectivity index (χ2n) is 3.13. The van der Waals surface area contributed by atoms with Gasteiger partial charge in [0.15, 0.2) is 6.29 Å². The van der Waals surface area contributed by atoms with E-state index in [0.29, 0.717) is 22.8 Å². The highest BCUT2D eigenvalue weighted by Crippen LogP contribution is 2.24. The van der Waals surface area contributed by atoms with Crippen LogP contribution < -0.4 is 0 Å². The molecule has 0 amide bonds. The summed E-state index contributed by atoms with van der Waals surface area (Å²) in [5, 5.41) is 0.401. The number of aryl methyl sites for hydroxylation is 1. The van der Waals surface area contributed by atoms with Crippen LogP contribution in [0.2, 0.25) is 5.02 Å². The van der Waals surface area contributed by atoms with Crippen LogP contribution >= 0.6 is 11.6 Å². The Kier molecular flexibility index (Phi) is 2.56. The average molecular weight is 222 g/mol. The molecular formula is C11H8ClNO2. The SMILES string of the molecule is Cc1cnc(-c2ccc(C=O)c(Cl)c2)o1. The van der Waals surface area contributed by atoms with Gasteiger partial charge in [0.25, 0.3) is 0 Å². The largest absolute Gasteiger partial charge is 0.441 e. The van der Waals surface area contributed by atoms with Gasteiger partial charge in [0, 0.05) is 11.1 Å². The fourth-order valence-corrected chi connectivity index (χ4v) is 1.47. The van der Waals surface area contributed by atoms with Crippen molar-refractivity contribution in [1.29, 1.82) is 0 Å². The highest BCUT2D eigenvalue weighted by molar-refractivity contribution is 6.33. The van der Waals surface area contributed by atoms with E-state index in [-0.39, 0.29) is 0 Å². The smallest absolute Gasteiger partial charge is 0.226 e. The van der Waals surface area contributed by atoms with Crippen molar-refractivity contribution < 1.29 is 9.21 Å². The molecule has 15 heavy (non-hydrogen) atoms. The number of benzene rings is 1. The van der Waals surface area contributed by atoms with Gasteiger partial charge < -0.3 is 4.42 Å². The molecular weight excluding hydrogens is 214 g/mol. The number of hydrogen-bond acceptors (Lipinski definition) is 3. The molecule has 2 rings (SSSR count). The fraction of sp³-hybridized carbons (Fsp3) is 0.0909. The first-order valence-electron chi connectivity index (χ1n) is 4.38. The predicted molar refractivity (Wildman–Crippen MR) is 57.1 cm³/mol. The summed E-state index contributed by atoms with van der Waals surface area (Å²) in [6, 6.07) is 5.06. The Hall–Kier alpha value is -1.61. The van der Waals surface area contributed by atoms with E-state index in [1.165, 1.54) is 0 Å². The maximum absolute atomic E-state index is 10.6. The molecule has 2 aromatic rings. The van der Waals surface area contributed by atoms with Gasteiger partial charge >= 0.3 is 0 Å². The van der Waals surface area contributed by atoms with Gasteiger partial charge in [-0.05, 0) is 25.1 Å². The van der Waals surface area contributed by atoms with Crippen molar-refractivity contribution in [1.82, 2.24) is 4.98 Å². The van der Waals surface area contributed by atoms with Crippen molar-refractivity contribution in [3.63, 3.8) is 0 Å². The number of carbonyl (C=O) groups is 1. The second kappa shape index (κ2) is 3.87. The maximum atomic E-state index is 10.6. The topological polar surface area (TPSA) is 43.1 Å². The van der Waals surface area contributed by atoms with E-state index in [9.17, 15) is 4.79 Å². The summed E-state index contributed by atoms with van der Waals surface area (Å²) in [6.45, 7) is 1.82. The Morgan fingerprint density at radius 2 is 2.27 bits per heavy atom. The standard InChI is InChI=1S/C11H8ClNO2/c1-7-5-13-11(15-7)8-2-3-9(6-14)10(12)4-8/h2-6H,1H3. The minimum atomic E-state index is 0.401. The lowest BCUT2D eigenvalue weighted by Gasteiger charge is -1.98. The molecule has 0 saturated carbocycles. The average Bonchev–Trinajstić information content (AvgIpc) is 2.65. The zero-order valence-electron chi connectivity index (χ0n) is 8.03. The first-order chi connectivity index (χ1) is 7.20. The van der Waals surface area contributed by atoms with Crippen LogP contribution in [0, 0.1) is 6.92 Å². The van der Waals surface area contributed by atoms with Crippen LogP contribution in [0.5, 0.6) is 0 Å². The van der Waals surface area contributed by atoms with Crippen LogP contribution in [0.15, 0.2) is 28.8 Å². The Morgan fingerprint density at radius 1 is 1.47 bits per heavy atom. The van der Waals surface area contributed by atoms with Crippen molar-refractivity contribution in [3.8, 4) is 11.5 Å². The van der Waals surface area contributed by atoms with E-state index in [2.05, 4.69) is 4.98 Å². The molecule has 0 bridgehead atoms. The fourth-order valence-electron chi connectivity index (χ4n) is 1.24. The van der Waals surface area contributed by atoms with Crippen LogP contribution in [-0.2, 0) is 0 Å². The molecule has 76 valence electrons. The van der Waals surface area contributed by atoms with E-state index >= 15 is 0 Å². The zero-order chi connectivity index (χ0) is 10.8. The van der Waals surface area contributed by atoms with Gasteiger partial charge in [0.2, 0.25) is 5.89 Å². The number of halogens is 1. The zero-order valence-corrected chi connectivity index (χ0v) is 8.78. The molecule has 0 aliphatic carbocycles. The normalized spacial score (nSPS) is 10.3. The minimum Gasteiger partial charge on any atom is -0.441 e. The van der Waals surface area contributed by atoms with Crippen molar-refractivity contribution in [2.75, 3.05) is 0 Å². The third-order valence-electron chi connectivity index (χ3n) is 2.00. The molecule has 0 radical (unpaired) electrons. The quantitative estimate of drug-likeness (QED) is 0.732. The summed E-state index contributed by atoms with van der Waals surface area (Å²) in [4.78, 5) is 14.6. The second-order valence-corrected chi connectivity index (χ2v) is 3.54. The minimum absolute atomic E-state index is 0.401. The lowest BCUT2D eigenvalue weighted by Crippen LogP contribution is -1.83. The first kappa shape index (κ1) is 9.93. The molecule has 3 nitrogen and oxygen atoms in total. The number of rotatable bonds is 2. The molecule has 0 fully saturated rings. The van der Waals surface area contributed by atoms with E-state index in [4.69, 9.17) is 16.0 Å². The lowest BCUT2D eigenvalue weighted by atomic mass is 10.1. The Balaban J connectivity index is 2.46. The highest BCUT2D eigenvalue weighted by Gasteiger charge is 2.07. The molecule has 4 heteroatoms. The molecule has 0 aliphatic rings. The van der Waals surface area contributed by atoms with Gasteiger partial charge in [-0.1, -0.05) is 11.6 Å². The lowest BCUT2D eigenvalue weighted by molar-refractivity contribution is 0.112. The summed E-state index contributed by atoms with van der Waals surface area (Å²) < 4.78 is 5.34. The molecule has 0 unspecified atom stereocenters. The number of oxazole rings is 1. The van der Waals surface area contributed by atoms with Crippen molar-refractivity contribution >= 4 is 17.9 Å². The Labute approximate surface area is 91.7 Å². The van der Waals surface area contributed by atoms with E-state index < -0.39 is 0 Å². The van der Waals surface area contributed by atoms with E-state index in [1.807, 2.05) is 6.92 Å². The first-order valence-corrected chi connectivity index (χ1v) is 4.76.